The number of hydrogen-bond donors (Lipinski definition) is 2. The van der Waals surface area contributed by atoms with Crippen molar-refractivity contribution in [2.45, 2.75) is 19.4 Å². The lowest BCUT2D eigenvalue weighted by molar-refractivity contribution is -0.0438. The Morgan fingerprint density at radius 3 is 2.35 bits per heavy atom. The molecule has 0 bridgehead atoms. The molecule has 20 heavy (non-hydrogen) atoms. The summed E-state index contributed by atoms with van der Waals surface area (Å²) in [4.78, 5) is 0. The number of sulfonamides is 1. The van der Waals surface area contributed by atoms with Crippen molar-refractivity contribution in [3.63, 3.8) is 0 Å². The van der Waals surface area contributed by atoms with Gasteiger partial charge in [-0.15, -0.1) is 0 Å². The predicted octanol–water partition coefficient (Wildman–Crippen LogP) is 1.21. The molecule has 1 aromatic rings. The number of hydrazine groups is 1. The summed E-state index contributed by atoms with van der Waals surface area (Å²) in [5.41, 5.74) is -4.93. The van der Waals surface area contributed by atoms with Crippen molar-refractivity contribution in [3.8, 4) is 0 Å². The zero-order chi connectivity index (χ0) is 15.7. The number of nitrogens with two attached hydrogens (primary N) is 2. The van der Waals surface area contributed by atoms with Gasteiger partial charge in [0.2, 0.25) is 0 Å². The number of hydrogen-bond acceptors (Lipinski definition) is 5. The summed E-state index contributed by atoms with van der Waals surface area (Å²) < 4.78 is 59.8. The van der Waals surface area contributed by atoms with Crippen molar-refractivity contribution in [2.75, 3.05) is 4.41 Å². The summed E-state index contributed by atoms with van der Waals surface area (Å²) in [6.45, 7) is 3.10. The van der Waals surface area contributed by atoms with E-state index in [4.69, 9.17) is 11.7 Å². The first kappa shape index (κ1) is 16.2. The molecular formula is C10H13F3N4O2S. The van der Waals surface area contributed by atoms with E-state index in [0.717, 1.165) is 6.07 Å². The highest BCUT2D eigenvalue weighted by Gasteiger charge is 2.50. The van der Waals surface area contributed by atoms with Gasteiger partial charge in [-0.2, -0.15) is 31.1 Å². The molecule has 1 rings (SSSR count). The summed E-state index contributed by atoms with van der Waals surface area (Å²) in [5.74, 6) is 10.2. The molecule has 0 radical (unpaired) electrons. The second-order valence-corrected chi connectivity index (χ2v) is 5.79. The lowest BCUT2D eigenvalue weighted by Gasteiger charge is -2.22. The fourth-order valence-electron chi connectivity index (χ4n) is 1.44. The number of halogens is 3. The van der Waals surface area contributed by atoms with Gasteiger partial charge in [0.15, 0.2) is 0 Å². The highest BCUT2D eigenvalue weighted by Crippen LogP contribution is 2.31. The zero-order valence-corrected chi connectivity index (χ0v) is 11.5. The van der Waals surface area contributed by atoms with Crippen molar-refractivity contribution in [1.82, 2.24) is 0 Å². The van der Waals surface area contributed by atoms with Gasteiger partial charge in [0.05, 0.1) is 11.4 Å². The van der Waals surface area contributed by atoms with Crippen LogP contribution in [0.4, 0.5) is 18.9 Å². The normalized spacial score (nSPS) is 13.4. The SMILES string of the molecule is C/C(=N\N)c1cc(C)ccc1N(N)S(=O)(=O)C(F)(F)F. The topological polar surface area (TPSA) is 102 Å². The van der Waals surface area contributed by atoms with Crippen molar-refractivity contribution >= 4 is 21.4 Å². The van der Waals surface area contributed by atoms with E-state index in [1.807, 2.05) is 0 Å². The zero-order valence-electron chi connectivity index (χ0n) is 10.6. The average Bonchev–Trinajstić information content (AvgIpc) is 2.35. The Balaban J connectivity index is 3.49. The van der Waals surface area contributed by atoms with Crippen molar-refractivity contribution in [2.24, 2.45) is 16.8 Å². The van der Waals surface area contributed by atoms with Gasteiger partial charge in [-0.3, -0.25) is 0 Å². The van der Waals surface area contributed by atoms with Gasteiger partial charge >= 0.3 is 15.5 Å². The highest BCUT2D eigenvalue weighted by atomic mass is 32.2. The summed E-state index contributed by atoms with van der Waals surface area (Å²) in [7, 11) is -5.69. The summed E-state index contributed by atoms with van der Waals surface area (Å²) >= 11 is 0. The lowest BCUT2D eigenvalue weighted by Crippen LogP contribution is -2.46. The minimum Gasteiger partial charge on any atom is -0.323 e. The van der Waals surface area contributed by atoms with E-state index in [1.165, 1.54) is 19.1 Å². The molecule has 0 aliphatic carbocycles. The number of hydrazone groups is 1. The van der Waals surface area contributed by atoms with E-state index in [0.29, 0.717) is 5.56 Å². The second kappa shape index (κ2) is 5.29. The van der Waals surface area contributed by atoms with Crippen LogP contribution >= 0.6 is 0 Å². The van der Waals surface area contributed by atoms with Crippen molar-refractivity contribution < 1.29 is 21.6 Å². The molecule has 112 valence electrons. The minimum absolute atomic E-state index is 0.0998. The van der Waals surface area contributed by atoms with E-state index < -0.39 is 15.5 Å². The minimum atomic E-state index is -5.69. The smallest absolute Gasteiger partial charge is 0.323 e. The van der Waals surface area contributed by atoms with E-state index in [9.17, 15) is 21.6 Å². The maximum Gasteiger partial charge on any atom is 0.518 e. The second-order valence-electron chi connectivity index (χ2n) is 3.98. The van der Waals surface area contributed by atoms with Crippen molar-refractivity contribution in [3.05, 3.63) is 29.3 Å². The van der Waals surface area contributed by atoms with E-state index in [-0.39, 0.29) is 21.4 Å². The highest BCUT2D eigenvalue weighted by molar-refractivity contribution is 7.93. The quantitative estimate of drug-likeness (QED) is 0.497. The molecule has 0 amide bonds. The maximum atomic E-state index is 12.5. The molecule has 0 aromatic heterocycles. The molecule has 0 atom stereocenters. The number of alkyl halides is 3. The van der Waals surface area contributed by atoms with Gasteiger partial charge in [0, 0.05) is 5.56 Å². The molecule has 0 aliphatic rings. The number of nitrogens with zero attached hydrogens (tertiary/aromatic N) is 2. The van der Waals surface area contributed by atoms with Crippen molar-refractivity contribution in [1.29, 1.82) is 0 Å². The van der Waals surface area contributed by atoms with Gasteiger partial charge in [-0.1, -0.05) is 11.6 Å². The third-order valence-corrected chi connectivity index (χ3v) is 3.82. The molecule has 0 spiro atoms. The molecule has 0 saturated heterocycles. The van der Waals surface area contributed by atoms with Crippen LogP contribution in [0, 0.1) is 6.92 Å². The van der Waals surface area contributed by atoms with Crippen LogP contribution in [0.1, 0.15) is 18.1 Å². The van der Waals surface area contributed by atoms with Gasteiger partial charge in [0.25, 0.3) is 0 Å². The summed E-state index contributed by atoms with van der Waals surface area (Å²) in [5, 5.41) is 3.35. The largest absolute Gasteiger partial charge is 0.518 e. The van der Waals surface area contributed by atoms with Crippen LogP contribution in [0.5, 0.6) is 0 Å². The molecule has 0 aliphatic heterocycles. The lowest BCUT2D eigenvalue weighted by atomic mass is 10.1. The van der Waals surface area contributed by atoms with Crippen LogP contribution < -0.4 is 16.1 Å². The number of rotatable bonds is 3. The number of anilines is 1. The third-order valence-electron chi connectivity index (χ3n) is 2.52. The van der Waals surface area contributed by atoms with Gasteiger partial charge < -0.3 is 5.84 Å². The van der Waals surface area contributed by atoms with Gasteiger partial charge in [0.1, 0.15) is 0 Å². The first-order valence-electron chi connectivity index (χ1n) is 5.24. The predicted molar refractivity (Wildman–Crippen MR) is 69.2 cm³/mol. The molecule has 1 aromatic carbocycles. The first-order valence-corrected chi connectivity index (χ1v) is 6.68. The molecule has 0 fully saturated rings. The van der Waals surface area contributed by atoms with Crippen LogP contribution in [0.3, 0.4) is 0 Å². The van der Waals surface area contributed by atoms with Crippen LogP contribution in [0.2, 0.25) is 0 Å². The maximum absolute atomic E-state index is 12.5. The molecule has 0 heterocycles. The number of aryl methyl sites for hydroxylation is 1. The molecule has 0 saturated carbocycles. The van der Waals surface area contributed by atoms with E-state index in [2.05, 4.69) is 5.10 Å². The molecule has 4 N–H and O–H groups in total. The van der Waals surface area contributed by atoms with E-state index >= 15 is 0 Å². The summed E-state index contributed by atoms with van der Waals surface area (Å²) in [6, 6.07) is 4.02. The Morgan fingerprint density at radius 2 is 1.90 bits per heavy atom. The van der Waals surface area contributed by atoms with Gasteiger partial charge in [-0.25, -0.2) is 5.84 Å². The Bertz CT molecular complexity index is 640. The van der Waals surface area contributed by atoms with E-state index in [1.54, 1.807) is 6.92 Å². The van der Waals surface area contributed by atoms with Crippen LogP contribution in [-0.4, -0.2) is 19.6 Å². The molecule has 0 unspecified atom stereocenters. The first-order chi connectivity index (χ1) is 9.02. The Hall–Kier alpha value is -1.81. The molecule has 6 nitrogen and oxygen atoms in total. The monoisotopic (exact) mass is 310 g/mol. The van der Waals surface area contributed by atoms with Crippen LogP contribution in [-0.2, 0) is 10.0 Å². The molecular weight excluding hydrogens is 297 g/mol. The fraction of sp³-hybridized carbons (Fsp3) is 0.300. The third kappa shape index (κ3) is 2.85. The Kier molecular flexibility index (Phi) is 4.30. The summed E-state index contributed by atoms with van der Waals surface area (Å²) in [6.07, 6.45) is 0. The van der Waals surface area contributed by atoms with Crippen LogP contribution in [0.15, 0.2) is 23.3 Å². The number of benzene rings is 1. The fourth-order valence-corrected chi connectivity index (χ4v) is 2.08. The Morgan fingerprint density at radius 1 is 1.35 bits per heavy atom. The standard InChI is InChI=1S/C10H13F3N4O2S/c1-6-3-4-9(8(5-6)7(2)16-14)17(15)20(18,19)10(11,12)13/h3-5H,14-15H2,1-2H3/b16-7+. The Labute approximate surface area is 113 Å². The van der Waals surface area contributed by atoms with Gasteiger partial charge in [-0.05, 0) is 26.0 Å². The van der Waals surface area contributed by atoms with Crippen LogP contribution in [0.25, 0.3) is 0 Å². The average molecular weight is 310 g/mol. The molecule has 10 heteroatoms.